The average molecular weight is 338 g/mol. The lowest BCUT2D eigenvalue weighted by molar-refractivity contribution is 0.0669. The molecule has 0 aromatic heterocycles. The first-order valence-corrected chi connectivity index (χ1v) is 7.32. The van der Waals surface area contributed by atoms with Crippen molar-refractivity contribution in [2.24, 2.45) is 11.7 Å². The Balaban J connectivity index is 0.00000200. The standard InChI is InChI=1S/C14H18Cl2N2O.ClH/c15-11-3-4-13(16)12(8-11)14(19)18-7-1-2-10(9-18)5-6-17;/h3-4,8,10H,1-2,5-7,9,17H2;1H. The number of hydrogen-bond donors (Lipinski definition) is 1. The van der Waals surface area contributed by atoms with E-state index < -0.39 is 0 Å². The minimum absolute atomic E-state index is 0. The third-order valence-corrected chi connectivity index (χ3v) is 4.10. The van der Waals surface area contributed by atoms with Crippen LogP contribution in [0.25, 0.3) is 0 Å². The number of nitrogens with two attached hydrogens (primary N) is 1. The minimum Gasteiger partial charge on any atom is -0.338 e. The van der Waals surface area contributed by atoms with E-state index in [1.807, 2.05) is 4.90 Å². The van der Waals surface area contributed by atoms with Crippen LogP contribution in [-0.2, 0) is 0 Å². The number of rotatable bonds is 3. The third kappa shape index (κ3) is 4.26. The van der Waals surface area contributed by atoms with Gasteiger partial charge in [0.15, 0.2) is 0 Å². The van der Waals surface area contributed by atoms with Gasteiger partial charge in [-0.15, -0.1) is 12.4 Å². The SMILES string of the molecule is Cl.NCCC1CCCN(C(=O)c2cc(Cl)ccc2Cl)C1. The lowest BCUT2D eigenvalue weighted by atomic mass is 9.94. The molecule has 2 rings (SSSR count). The summed E-state index contributed by atoms with van der Waals surface area (Å²) >= 11 is 12.0. The van der Waals surface area contributed by atoms with E-state index in [4.69, 9.17) is 28.9 Å². The molecule has 0 saturated carbocycles. The second kappa shape index (κ2) is 8.08. The Bertz CT molecular complexity index is 466. The molecule has 1 aliphatic rings. The molecule has 1 heterocycles. The lowest BCUT2D eigenvalue weighted by Crippen LogP contribution is -2.40. The molecule has 6 heteroatoms. The van der Waals surface area contributed by atoms with E-state index in [0.29, 0.717) is 28.1 Å². The fourth-order valence-electron chi connectivity index (χ4n) is 2.55. The van der Waals surface area contributed by atoms with Gasteiger partial charge in [0.25, 0.3) is 5.91 Å². The summed E-state index contributed by atoms with van der Waals surface area (Å²) in [5, 5.41) is 0.985. The number of amides is 1. The van der Waals surface area contributed by atoms with Crippen LogP contribution >= 0.6 is 35.6 Å². The number of carbonyl (C=O) groups is 1. The van der Waals surface area contributed by atoms with E-state index in [1.54, 1.807) is 18.2 Å². The first-order valence-electron chi connectivity index (χ1n) is 6.56. The number of piperidine rings is 1. The maximum Gasteiger partial charge on any atom is 0.255 e. The molecular formula is C14H19Cl3N2O. The molecule has 2 N–H and O–H groups in total. The lowest BCUT2D eigenvalue weighted by Gasteiger charge is -2.33. The molecule has 0 radical (unpaired) electrons. The molecule has 1 unspecified atom stereocenters. The highest BCUT2D eigenvalue weighted by Crippen LogP contribution is 2.25. The molecule has 1 aromatic carbocycles. The van der Waals surface area contributed by atoms with Crippen LogP contribution in [0.4, 0.5) is 0 Å². The molecule has 1 fully saturated rings. The van der Waals surface area contributed by atoms with Gasteiger partial charge in [-0.25, -0.2) is 0 Å². The summed E-state index contributed by atoms with van der Waals surface area (Å²) < 4.78 is 0. The summed E-state index contributed by atoms with van der Waals surface area (Å²) in [7, 11) is 0. The Morgan fingerprint density at radius 3 is 2.85 bits per heavy atom. The van der Waals surface area contributed by atoms with Crippen molar-refractivity contribution in [2.75, 3.05) is 19.6 Å². The first-order chi connectivity index (χ1) is 9.11. The van der Waals surface area contributed by atoms with Crippen LogP contribution < -0.4 is 5.73 Å². The van der Waals surface area contributed by atoms with Crippen LogP contribution in [-0.4, -0.2) is 30.4 Å². The third-order valence-electron chi connectivity index (χ3n) is 3.54. The largest absolute Gasteiger partial charge is 0.338 e. The fraction of sp³-hybridized carbons (Fsp3) is 0.500. The summed E-state index contributed by atoms with van der Waals surface area (Å²) in [6.07, 6.45) is 3.13. The van der Waals surface area contributed by atoms with Crippen LogP contribution in [0, 0.1) is 5.92 Å². The molecule has 3 nitrogen and oxygen atoms in total. The van der Waals surface area contributed by atoms with Crippen LogP contribution in [0.2, 0.25) is 10.0 Å². The van der Waals surface area contributed by atoms with Gasteiger partial charge < -0.3 is 10.6 Å². The van der Waals surface area contributed by atoms with Crippen molar-refractivity contribution < 1.29 is 4.79 Å². The topological polar surface area (TPSA) is 46.3 Å². The van der Waals surface area contributed by atoms with Gasteiger partial charge >= 0.3 is 0 Å². The molecule has 0 aliphatic carbocycles. The molecule has 1 saturated heterocycles. The molecule has 112 valence electrons. The number of carbonyl (C=O) groups excluding carboxylic acids is 1. The molecular weight excluding hydrogens is 319 g/mol. The van der Waals surface area contributed by atoms with Crippen LogP contribution in [0.3, 0.4) is 0 Å². The first kappa shape index (κ1) is 17.6. The van der Waals surface area contributed by atoms with Crippen molar-refractivity contribution in [1.82, 2.24) is 4.90 Å². The number of halogens is 3. The van der Waals surface area contributed by atoms with E-state index in [1.165, 1.54) is 0 Å². The van der Waals surface area contributed by atoms with Gasteiger partial charge in [-0.2, -0.15) is 0 Å². The predicted octanol–water partition coefficient (Wildman–Crippen LogP) is 3.62. The summed E-state index contributed by atoms with van der Waals surface area (Å²) in [6.45, 7) is 2.21. The van der Waals surface area contributed by atoms with E-state index in [-0.39, 0.29) is 18.3 Å². The fourth-order valence-corrected chi connectivity index (χ4v) is 2.92. The number of benzene rings is 1. The van der Waals surface area contributed by atoms with E-state index in [9.17, 15) is 4.79 Å². The Morgan fingerprint density at radius 2 is 2.15 bits per heavy atom. The number of hydrogen-bond acceptors (Lipinski definition) is 2. The molecule has 1 amide bonds. The maximum absolute atomic E-state index is 12.5. The monoisotopic (exact) mass is 336 g/mol. The highest BCUT2D eigenvalue weighted by Gasteiger charge is 2.25. The van der Waals surface area contributed by atoms with Crippen LogP contribution in [0.15, 0.2) is 18.2 Å². The smallest absolute Gasteiger partial charge is 0.255 e. The van der Waals surface area contributed by atoms with Gasteiger partial charge in [-0.05, 0) is 49.9 Å². The van der Waals surface area contributed by atoms with Gasteiger partial charge in [0.1, 0.15) is 0 Å². The Labute approximate surface area is 135 Å². The van der Waals surface area contributed by atoms with Crippen molar-refractivity contribution in [1.29, 1.82) is 0 Å². The van der Waals surface area contributed by atoms with E-state index in [0.717, 1.165) is 32.4 Å². The summed E-state index contributed by atoms with van der Waals surface area (Å²) in [6, 6.07) is 4.99. The van der Waals surface area contributed by atoms with Crippen molar-refractivity contribution in [2.45, 2.75) is 19.3 Å². The Hall–Kier alpha value is -0.480. The highest BCUT2D eigenvalue weighted by atomic mass is 35.5. The van der Waals surface area contributed by atoms with Crippen molar-refractivity contribution in [3.8, 4) is 0 Å². The van der Waals surface area contributed by atoms with Crippen molar-refractivity contribution in [3.05, 3.63) is 33.8 Å². The molecule has 0 bridgehead atoms. The van der Waals surface area contributed by atoms with E-state index >= 15 is 0 Å². The zero-order valence-corrected chi connectivity index (χ0v) is 13.5. The Morgan fingerprint density at radius 1 is 1.40 bits per heavy atom. The van der Waals surface area contributed by atoms with Crippen molar-refractivity contribution >= 4 is 41.5 Å². The van der Waals surface area contributed by atoms with Crippen LogP contribution in [0.5, 0.6) is 0 Å². The second-order valence-electron chi connectivity index (χ2n) is 4.96. The molecule has 1 aliphatic heterocycles. The van der Waals surface area contributed by atoms with Gasteiger partial charge in [-0.3, -0.25) is 4.79 Å². The molecule has 20 heavy (non-hydrogen) atoms. The summed E-state index contributed by atoms with van der Waals surface area (Å²) in [5.41, 5.74) is 6.08. The van der Waals surface area contributed by atoms with Gasteiger partial charge in [0.2, 0.25) is 0 Å². The molecule has 0 spiro atoms. The summed E-state index contributed by atoms with van der Waals surface area (Å²) in [5.74, 6) is 0.467. The maximum atomic E-state index is 12.5. The number of likely N-dealkylation sites (tertiary alicyclic amines) is 1. The zero-order chi connectivity index (χ0) is 13.8. The summed E-state index contributed by atoms with van der Waals surface area (Å²) in [4.78, 5) is 14.3. The Kier molecular flexibility index (Phi) is 7.10. The van der Waals surface area contributed by atoms with Gasteiger partial charge in [0, 0.05) is 18.1 Å². The molecule has 1 atom stereocenters. The van der Waals surface area contributed by atoms with Gasteiger partial charge in [0.05, 0.1) is 10.6 Å². The minimum atomic E-state index is -0.0331. The normalized spacial score (nSPS) is 18.6. The number of nitrogens with zero attached hydrogens (tertiary/aromatic N) is 1. The molecule has 1 aromatic rings. The van der Waals surface area contributed by atoms with Crippen LogP contribution in [0.1, 0.15) is 29.6 Å². The zero-order valence-electron chi connectivity index (χ0n) is 11.1. The second-order valence-corrected chi connectivity index (χ2v) is 5.80. The predicted molar refractivity (Wildman–Crippen MR) is 86.0 cm³/mol. The quantitative estimate of drug-likeness (QED) is 0.915. The highest BCUT2D eigenvalue weighted by molar-refractivity contribution is 6.35. The van der Waals surface area contributed by atoms with Gasteiger partial charge in [-0.1, -0.05) is 23.2 Å². The van der Waals surface area contributed by atoms with Crippen molar-refractivity contribution in [3.63, 3.8) is 0 Å². The average Bonchev–Trinajstić information content (AvgIpc) is 2.41. The van der Waals surface area contributed by atoms with E-state index in [2.05, 4.69) is 0 Å².